The molecule has 0 saturated carbocycles. The fourth-order valence-electron chi connectivity index (χ4n) is 2.44. The Balaban J connectivity index is 2.59. The fourth-order valence-corrected chi connectivity index (χ4v) is 2.44. The molecule has 1 fully saturated rings. The van der Waals surface area contributed by atoms with E-state index in [1.54, 1.807) is 0 Å². The van der Waals surface area contributed by atoms with Crippen molar-refractivity contribution in [2.45, 2.75) is 65.1 Å². The highest BCUT2D eigenvalue weighted by molar-refractivity contribution is 5.88. The first-order valence-electron chi connectivity index (χ1n) is 8.36. The molecule has 6 nitrogen and oxygen atoms in total. The largest absolute Gasteiger partial charge is 0.464 e. The SMILES string of the molecule is CCC(C)[C@H](N)CN[C@H](C(=O)N[C@H]1CCOC1=O)C(C)CC. The van der Waals surface area contributed by atoms with Gasteiger partial charge in [-0.2, -0.15) is 0 Å². The van der Waals surface area contributed by atoms with Crippen molar-refractivity contribution in [2.24, 2.45) is 17.6 Å². The van der Waals surface area contributed by atoms with Crippen LogP contribution in [-0.4, -0.2) is 43.2 Å². The number of ether oxygens (including phenoxy) is 1. The average Bonchev–Trinajstić information content (AvgIpc) is 2.91. The lowest BCUT2D eigenvalue weighted by Gasteiger charge is -2.27. The van der Waals surface area contributed by atoms with Crippen LogP contribution in [0.2, 0.25) is 0 Å². The van der Waals surface area contributed by atoms with Crippen LogP contribution in [0.1, 0.15) is 47.0 Å². The van der Waals surface area contributed by atoms with Crippen LogP contribution >= 0.6 is 0 Å². The van der Waals surface area contributed by atoms with Gasteiger partial charge in [-0.05, 0) is 11.8 Å². The maximum Gasteiger partial charge on any atom is 0.328 e. The molecular formula is C16H31N3O3. The number of cyclic esters (lactones) is 1. The summed E-state index contributed by atoms with van der Waals surface area (Å²) in [6.07, 6.45) is 2.43. The third-order valence-electron chi connectivity index (χ3n) is 4.70. The maximum atomic E-state index is 12.5. The van der Waals surface area contributed by atoms with Crippen LogP contribution < -0.4 is 16.4 Å². The molecule has 6 heteroatoms. The summed E-state index contributed by atoms with van der Waals surface area (Å²) in [5.74, 6) is 0.0848. The second kappa shape index (κ2) is 9.10. The van der Waals surface area contributed by atoms with Gasteiger partial charge in [0.2, 0.25) is 5.91 Å². The van der Waals surface area contributed by atoms with Crippen molar-refractivity contribution in [1.82, 2.24) is 10.6 Å². The molecule has 5 atom stereocenters. The van der Waals surface area contributed by atoms with E-state index in [4.69, 9.17) is 10.5 Å². The second-order valence-electron chi connectivity index (χ2n) is 6.34. The van der Waals surface area contributed by atoms with E-state index >= 15 is 0 Å². The minimum atomic E-state index is -0.510. The van der Waals surface area contributed by atoms with Crippen LogP contribution in [0, 0.1) is 11.8 Å². The standard InChI is InChI=1S/C16H31N3O3/c1-5-10(3)12(17)9-18-14(11(4)6-2)15(20)19-13-7-8-22-16(13)21/h10-14,18H,5-9,17H2,1-4H3,(H,19,20)/t10?,11?,12-,13+,14+/m1/s1. The summed E-state index contributed by atoms with van der Waals surface area (Å²) in [5.41, 5.74) is 6.14. The monoisotopic (exact) mass is 313 g/mol. The Kier molecular flexibility index (Phi) is 7.82. The molecule has 0 bridgehead atoms. The van der Waals surface area contributed by atoms with E-state index in [0.717, 1.165) is 12.8 Å². The van der Waals surface area contributed by atoms with E-state index in [1.807, 2.05) is 13.8 Å². The Bertz CT molecular complexity index is 376. The fraction of sp³-hybridized carbons (Fsp3) is 0.875. The number of nitrogens with one attached hydrogen (secondary N) is 2. The minimum absolute atomic E-state index is 0.0146. The number of carbonyl (C=O) groups is 2. The summed E-state index contributed by atoms with van der Waals surface area (Å²) in [6.45, 7) is 9.26. The zero-order chi connectivity index (χ0) is 16.7. The number of rotatable bonds is 9. The number of hydrogen-bond donors (Lipinski definition) is 3. The van der Waals surface area contributed by atoms with Crippen LogP contribution in [0.25, 0.3) is 0 Å². The molecule has 2 unspecified atom stereocenters. The lowest BCUT2D eigenvalue weighted by atomic mass is 9.95. The number of hydrogen-bond acceptors (Lipinski definition) is 5. The van der Waals surface area contributed by atoms with Gasteiger partial charge in [0.1, 0.15) is 6.04 Å². The Morgan fingerprint density at radius 1 is 1.32 bits per heavy atom. The van der Waals surface area contributed by atoms with Gasteiger partial charge < -0.3 is 21.1 Å². The molecule has 1 aliphatic heterocycles. The van der Waals surface area contributed by atoms with Gasteiger partial charge in [-0.3, -0.25) is 4.79 Å². The first-order valence-corrected chi connectivity index (χ1v) is 8.36. The Morgan fingerprint density at radius 2 is 1.95 bits per heavy atom. The van der Waals surface area contributed by atoms with E-state index in [-0.39, 0.29) is 29.9 Å². The molecule has 1 saturated heterocycles. The van der Waals surface area contributed by atoms with Crippen LogP contribution in [-0.2, 0) is 14.3 Å². The van der Waals surface area contributed by atoms with Gasteiger partial charge in [-0.1, -0.05) is 40.5 Å². The van der Waals surface area contributed by atoms with Crippen LogP contribution in [0.15, 0.2) is 0 Å². The topological polar surface area (TPSA) is 93.4 Å². The molecule has 1 amide bonds. The highest BCUT2D eigenvalue weighted by Crippen LogP contribution is 2.12. The van der Waals surface area contributed by atoms with Gasteiger partial charge in [0.25, 0.3) is 0 Å². The molecule has 0 aromatic rings. The van der Waals surface area contributed by atoms with Crippen LogP contribution in [0.4, 0.5) is 0 Å². The van der Waals surface area contributed by atoms with Gasteiger partial charge in [0.05, 0.1) is 12.6 Å². The van der Waals surface area contributed by atoms with Gasteiger partial charge in [0.15, 0.2) is 0 Å². The first-order chi connectivity index (χ1) is 10.4. The molecule has 128 valence electrons. The molecule has 0 radical (unpaired) electrons. The lowest BCUT2D eigenvalue weighted by Crippen LogP contribution is -2.54. The number of esters is 1. The van der Waals surface area contributed by atoms with Gasteiger partial charge >= 0.3 is 5.97 Å². The molecule has 0 aliphatic carbocycles. The first kappa shape index (κ1) is 18.9. The summed E-state index contributed by atoms with van der Waals surface area (Å²) < 4.78 is 4.88. The van der Waals surface area contributed by atoms with Crippen molar-refractivity contribution < 1.29 is 14.3 Å². The molecular weight excluding hydrogens is 282 g/mol. The van der Waals surface area contributed by atoms with Crippen molar-refractivity contribution in [3.8, 4) is 0 Å². The Morgan fingerprint density at radius 3 is 2.45 bits per heavy atom. The van der Waals surface area contributed by atoms with Crippen molar-refractivity contribution in [3.05, 3.63) is 0 Å². The van der Waals surface area contributed by atoms with Gasteiger partial charge in [0, 0.05) is 19.0 Å². The van der Waals surface area contributed by atoms with E-state index in [2.05, 4.69) is 24.5 Å². The van der Waals surface area contributed by atoms with Crippen molar-refractivity contribution in [1.29, 1.82) is 0 Å². The summed E-state index contributed by atoms with van der Waals surface area (Å²) in [7, 11) is 0. The van der Waals surface area contributed by atoms with Gasteiger partial charge in [-0.25, -0.2) is 4.79 Å². The maximum absolute atomic E-state index is 12.5. The molecule has 0 spiro atoms. The van der Waals surface area contributed by atoms with E-state index < -0.39 is 6.04 Å². The van der Waals surface area contributed by atoms with E-state index in [1.165, 1.54) is 0 Å². The van der Waals surface area contributed by atoms with Crippen LogP contribution in [0.3, 0.4) is 0 Å². The molecule has 1 aliphatic rings. The zero-order valence-electron chi connectivity index (χ0n) is 14.2. The summed E-state index contributed by atoms with van der Waals surface area (Å²) in [4.78, 5) is 24.0. The summed E-state index contributed by atoms with van der Waals surface area (Å²) in [5, 5.41) is 6.08. The normalized spacial score (nSPS) is 23.5. The Hall–Kier alpha value is -1.14. The van der Waals surface area contributed by atoms with E-state index in [9.17, 15) is 9.59 Å². The Labute approximate surface area is 133 Å². The third kappa shape index (κ3) is 5.25. The smallest absolute Gasteiger partial charge is 0.328 e. The average molecular weight is 313 g/mol. The predicted molar refractivity (Wildman–Crippen MR) is 86.2 cm³/mol. The highest BCUT2D eigenvalue weighted by Gasteiger charge is 2.32. The number of nitrogens with two attached hydrogens (primary N) is 1. The molecule has 22 heavy (non-hydrogen) atoms. The minimum Gasteiger partial charge on any atom is -0.464 e. The summed E-state index contributed by atoms with van der Waals surface area (Å²) in [6, 6.07) is -0.835. The zero-order valence-corrected chi connectivity index (χ0v) is 14.2. The lowest BCUT2D eigenvalue weighted by molar-refractivity contribution is -0.141. The highest BCUT2D eigenvalue weighted by atomic mass is 16.5. The van der Waals surface area contributed by atoms with Crippen molar-refractivity contribution >= 4 is 11.9 Å². The van der Waals surface area contributed by atoms with Crippen molar-refractivity contribution in [3.63, 3.8) is 0 Å². The van der Waals surface area contributed by atoms with Crippen molar-refractivity contribution in [2.75, 3.05) is 13.2 Å². The van der Waals surface area contributed by atoms with E-state index in [0.29, 0.717) is 25.5 Å². The van der Waals surface area contributed by atoms with Gasteiger partial charge in [-0.15, -0.1) is 0 Å². The number of amides is 1. The molecule has 1 heterocycles. The van der Waals surface area contributed by atoms with Crippen LogP contribution in [0.5, 0.6) is 0 Å². The predicted octanol–water partition coefficient (Wildman–Crippen LogP) is 0.796. The summed E-state index contributed by atoms with van der Waals surface area (Å²) >= 11 is 0. The molecule has 4 N–H and O–H groups in total. The second-order valence-corrected chi connectivity index (χ2v) is 6.34. The molecule has 0 aromatic heterocycles. The molecule has 0 aromatic carbocycles. The third-order valence-corrected chi connectivity index (χ3v) is 4.70. The quantitative estimate of drug-likeness (QED) is 0.547. The molecule has 1 rings (SSSR count). The number of carbonyl (C=O) groups excluding carboxylic acids is 2.